The van der Waals surface area contributed by atoms with Gasteiger partial charge in [-0.05, 0) is 39.8 Å². The van der Waals surface area contributed by atoms with Crippen LogP contribution in [-0.2, 0) is 28.4 Å². The number of carbonyl (C=O) groups is 4. The maximum Gasteiger partial charge on any atom is 0.508 e. The molecule has 10 nitrogen and oxygen atoms in total. The first-order valence-electron chi connectivity index (χ1n) is 11.5. The topological polar surface area (TPSA) is 124 Å². The van der Waals surface area contributed by atoms with Gasteiger partial charge in [0, 0.05) is 12.8 Å². The number of carbonyl (C=O) groups excluding carboxylic acids is 4. The van der Waals surface area contributed by atoms with Gasteiger partial charge < -0.3 is 28.4 Å². The molecule has 4 atom stereocenters. The smallest absolute Gasteiger partial charge is 0.459 e. The van der Waals surface area contributed by atoms with E-state index in [0.29, 0.717) is 0 Å². The number of hydrogen-bond acceptors (Lipinski definition) is 10. The van der Waals surface area contributed by atoms with Crippen LogP contribution >= 0.6 is 0 Å². The highest BCUT2D eigenvalue weighted by atomic mass is 16.7. The van der Waals surface area contributed by atoms with Crippen molar-refractivity contribution in [3.63, 3.8) is 0 Å². The number of hydrogen-bond donors (Lipinski definition) is 0. The van der Waals surface area contributed by atoms with Crippen molar-refractivity contribution < 1.29 is 47.6 Å². The van der Waals surface area contributed by atoms with Gasteiger partial charge in [-0.1, -0.05) is 37.4 Å². The molecule has 0 aromatic heterocycles. The van der Waals surface area contributed by atoms with Gasteiger partial charge in [0.1, 0.15) is 37.6 Å². The standard InChI is InChI=1S/C26H34O10/c1-7-13-31-25(29)35-19(5)15-17(3)33-23(27)21-11-9-10-12-22(21)24(28)34-18(4)16-20(6)36-26(30)32-14-8-2/h7-12,17-20H,1-2,13-16H2,3-6H3/t17-,18-,19-,20-/m1/s1. The Balaban J connectivity index is 2.67. The molecule has 0 aliphatic rings. The average Bonchev–Trinajstić information content (AvgIpc) is 2.80. The van der Waals surface area contributed by atoms with Crippen LogP contribution in [-0.4, -0.2) is 61.9 Å². The third kappa shape index (κ3) is 11.5. The Bertz CT molecular complexity index is 837. The lowest BCUT2D eigenvalue weighted by Gasteiger charge is -2.20. The third-order valence-corrected chi connectivity index (χ3v) is 4.54. The molecular weight excluding hydrogens is 472 g/mol. The minimum Gasteiger partial charge on any atom is -0.459 e. The van der Waals surface area contributed by atoms with E-state index in [1.54, 1.807) is 39.8 Å². The molecule has 0 unspecified atom stereocenters. The highest BCUT2D eigenvalue weighted by molar-refractivity contribution is 6.03. The predicted octanol–water partition coefficient (Wildman–Crippen LogP) is 5.01. The lowest BCUT2D eigenvalue weighted by Crippen LogP contribution is -2.26. The Morgan fingerprint density at radius 3 is 1.33 bits per heavy atom. The molecule has 36 heavy (non-hydrogen) atoms. The van der Waals surface area contributed by atoms with Gasteiger partial charge in [-0.15, -0.1) is 0 Å². The van der Waals surface area contributed by atoms with Crippen molar-refractivity contribution in [2.45, 2.75) is 65.0 Å². The third-order valence-electron chi connectivity index (χ3n) is 4.54. The molecule has 0 bridgehead atoms. The second-order valence-electron chi connectivity index (χ2n) is 8.01. The maximum atomic E-state index is 12.7. The molecule has 0 radical (unpaired) electrons. The van der Waals surface area contributed by atoms with Crippen molar-refractivity contribution in [3.05, 3.63) is 60.7 Å². The van der Waals surface area contributed by atoms with E-state index in [0.717, 1.165) is 0 Å². The monoisotopic (exact) mass is 506 g/mol. The summed E-state index contributed by atoms with van der Waals surface area (Å²) in [6, 6.07) is 6.08. The van der Waals surface area contributed by atoms with E-state index in [1.807, 2.05) is 0 Å². The van der Waals surface area contributed by atoms with Crippen LogP contribution in [0.2, 0.25) is 0 Å². The van der Waals surface area contributed by atoms with E-state index < -0.39 is 48.7 Å². The lowest BCUT2D eigenvalue weighted by molar-refractivity contribution is -0.000678. The molecule has 0 aliphatic carbocycles. The fraction of sp³-hybridized carbons (Fsp3) is 0.462. The summed E-state index contributed by atoms with van der Waals surface area (Å²) in [7, 11) is 0. The van der Waals surface area contributed by atoms with E-state index in [2.05, 4.69) is 13.2 Å². The first-order chi connectivity index (χ1) is 17.1. The minimum atomic E-state index is -0.850. The summed E-state index contributed by atoms with van der Waals surface area (Å²) >= 11 is 0. The normalized spacial score (nSPS) is 13.7. The minimum absolute atomic E-state index is 0.0236. The average molecular weight is 507 g/mol. The molecule has 10 heteroatoms. The second kappa shape index (κ2) is 16.0. The van der Waals surface area contributed by atoms with E-state index in [-0.39, 0.29) is 37.2 Å². The van der Waals surface area contributed by atoms with Gasteiger partial charge in [0.2, 0.25) is 0 Å². The summed E-state index contributed by atoms with van der Waals surface area (Å²) in [6.07, 6.45) is -0.854. The van der Waals surface area contributed by atoms with Crippen molar-refractivity contribution in [1.82, 2.24) is 0 Å². The van der Waals surface area contributed by atoms with Crippen molar-refractivity contribution in [3.8, 4) is 0 Å². The summed E-state index contributed by atoms with van der Waals surface area (Å²) < 4.78 is 30.5. The number of rotatable bonds is 14. The molecule has 1 aromatic rings. The molecular formula is C26H34O10. The van der Waals surface area contributed by atoms with Crippen molar-refractivity contribution in [2.75, 3.05) is 13.2 Å². The fourth-order valence-electron chi connectivity index (χ4n) is 3.11. The molecule has 1 aromatic carbocycles. The van der Waals surface area contributed by atoms with Crippen LogP contribution in [0.25, 0.3) is 0 Å². The van der Waals surface area contributed by atoms with Crippen LogP contribution in [0.4, 0.5) is 9.59 Å². The van der Waals surface area contributed by atoms with Crippen molar-refractivity contribution in [2.24, 2.45) is 0 Å². The van der Waals surface area contributed by atoms with Crippen molar-refractivity contribution >= 4 is 24.2 Å². The Morgan fingerprint density at radius 2 is 1.00 bits per heavy atom. The van der Waals surface area contributed by atoms with Crippen LogP contribution < -0.4 is 0 Å². The van der Waals surface area contributed by atoms with Crippen LogP contribution in [0.3, 0.4) is 0 Å². The summed E-state index contributed by atoms with van der Waals surface area (Å²) in [5.41, 5.74) is 0.0515. The lowest BCUT2D eigenvalue weighted by atomic mass is 10.1. The number of esters is 2. The van der Waals surface area contributed by atoms with Gasteiger partial charge in [-0.3, -0.25) is 0 Å². The zero-order valence-electron chi connectivity index (χ0n) is 21.1. The van der Waals surface area contributed by atoms with Crippen LogP contribution in [0.15, 0.2) is 49.6 Å². The van der Waals surface area contributed by atoms with E-state index in [1.165, 1.54) is 24.3 Å². The Hall–Kier alpha value is -3.82. The van der Waals surface area contributed by atoms with Crippen LogP contribution in [0.5, 0.6) is 0 Å². The predicted molar refractivity (Wildman–Crippen MR) is 130 cm³/mol. The highest BCUT2D eigenvalue weighted by Crippen LogP contribution is 2.17. The molecule has 0 amide bonds. The first kappa shape index (κ1) is 30.2. The molecule has 0 heterocycles. The SMILES string of the molecule is C=CCOC(=O)O[C@H](C)C[C@@H](C)OC(=O)c1ccccc1C(=O)O[C@H](C)C[C@@H](C)OC(=O)OCC=C. The highest BCUT2D eigenvalue weighted by Gasteiger charge is 2.24. The summed E-state index contributed by atoms with van der Waals surface area (Å²) in [4.78, 5) is 48.5. The van der Waals surface area contributed by atoms with E-state index >= 15 is 0 Å². The van der Waals surface area contributed by atoms with E-state index in [4.69, 9.17) is 28.4 Å². The summed E-state index contributed by atoms with van der Waals surface area (Å²) in [5.74, 6) is -1.46. The number of ether oxygens (including phenoxy) is 6. The largest absolute Gasteiger partial charge is 0.508 e. The van der Waals surface area contributed by atoms with Crippen LogP contribution in [0, 0.1) is 0 Å². The Labute approximate surface area is 211 Å². The Morgan fingerprint density at radius 1 is 0.667 bits per heavy atom. The molecule has 0 saturated heterocycles. The van der Waals surface area contributed by atoms with E-state index in [9.17, 15) is 19.2 Å². The number of benzene rings is 1. The quantitative estimate of drug-likeness (QED) is 0.193. The van der Waals surface area contributed by atoms with Crippen molar-refractivity contribution in [1.29, 1.82) is 0 Å². The fourth-order valence-corrected chi connectivity index (χ4v) is 3.11. The van der Waals surface area contributed by atoms with Gasteiger partial charge >= 0.3 is 24.2 Å². The zero-order valence-corrected chi connectivity index (χ0v) is 21.1. The molecule has 0 fully saturated rings. The Kier molecular flexibility index (Phi) is 13.4. The molecule has 1 rings (SSSR count). The molecule has 0 saturated carbocycles. The molecule has 198 valence electrons. The summed E-state index contributed by atoms with van der Waals surface area (Å²) in [6.45, 7) is 13.5. The molecule has 0 aliphatic heterocycles. The van der Waals surface area contributed by atoms with Crippen LogP contribution in [0.1, 0.15) is 61.3 Å². The van der Waals surface area contributed by atoms with Gasteiger partial charge in [0.25, 0.3) is 0 Å². The molecule has 0 spiro atoms. The summed E-state index contributed by atoms with van der Waals surface area (Å²) in [5, 5.41) is 0. The molecule has 0 N–H and O–H groups in total. The first-order valence-corrected chi connectivity index (χ1v) is 11.5. The second-order valence-corrected chi connectivity index (χ2v) is 8.01. The maximum absolute atomic E-state index is 12.7. The van der Waals surface area contributed by atoms with Gasteiger partial charge in [-0.25, -0.2) is 19.2 Å². The van der Waals surface area contributed by atoms with Gasteiger partial charge in [-0.2, -0.15) is 0 Å². The van der Waals surface area contributed by atoms with Gasteiger partial charge in [0.15, 0.2) is 0 Å². The zero-order chi connectivity index (χ0) is 27.1. The van der Waals surface area contributed by atoms with Gasteiger partial charge in [0.05, 0.1) is 11.1 Å².